The first-order valence-electron chi connectivity index (χ1n) is 5.99. The fraction of sp³-hybridized carbons (Fsp3) is 0.538. The molecule has 0 spiro atoms. The van der Waals surface area contributed by atoms with Gasteiger partial charge in [-0.2, -0.15) is 0 Å². The summed E-state index contributed by atoms with van der Waals surface area (Å²) in [5.74, 6) is 1.86. The summed E-state index contributed by atoms with van der Waals surface area (Å²) in [4.78, 5) is 0. The van der Waals surface area contributed by atoms with E-state index < -0.39 is 16.9 Å². The van der Waals surface area contributed by atoms with Gasteiger partial charge in [-0.15, -0.1) is 0 Å². The van der Waals surface area contributed by atoms with Crippen molar-refractivity contribution in [2.45, 2.75) is 6.10 Å². The Kier molecular flexibility index (Phi) is 6.83. The molecule has 0 aliphatic heterocycles. The lowest BCUT2D eigenvalue weighted by Crippen LogP contribution is -2.25. The highest BCUT2D eigenvalue weighted by Gasteiger charge is 2.14. The van der Waals surface area contributed by atoms with Crippen LogP contribution in [0.1, 0.15) is 11.7 Å². The number of hydrogen-bond donors (Lipinski definition) is 2. The molecule has 0 saturated carbocycles. The molecule has 0 aliphatic rings. The average Bonchev–Trinajstić information content (AvgIpc) is 2.42. The molecule has 0 aromatic heterocycles. The minimum atomic E-state index is -0.825. The van der Waals surface area contributed by atoms with Gasteiger partial charge in [-0.25, -0.2) is 0 Å². The summed E-state index contributed by atoms with van der Waals surface area (Å²) in [5, 5.41) is 13.2. The van der Waals surface area contributed by atoms with Gasteiger partial charge in [0.15, 0.2) is 0 Å². The number of hydrogen-bond acceptors (Lipinski definition) is 5. The highest BCUT2D eigenvalue weighted by atomic mass is 32.2. The Hall–Kier alpha value is -1.11. The summed E-state index contributed by atoms with van der Waals surface area (Å²) in [5.41, 5.74) is 0.673. The van der Waals surface area contributed by atoms with Gasteiger partial charge in [-0.05, 0) is 18.2 Å². The number of ether oxygens (including phenoxy) is 2. The molecule has 0 saturated heterocycles. The van der Waals surface area contributed by atoms with Gasteiger partial charge in [0.05, 0.1) is 20.3 Å². The molecular formula is C13H21NO4S. The first kappa shape index (κ1) is 15.9. The number of benzene rings is 1. The van der Waals surface area contributed by atoms with Crippen LogP contribution in [0.5, 0.6) is 11.5 Å². The van der Waals surface area contributed by atoms with Crippen molar-refractivity contribution in [1.82, 2.24) is 5.32 Å². The van der Waals surface area contributed by atoms with E-state index in [-0.39, 0.29) is 0 Å². The smallest absolute Gasteiger partial charge is 0.124 e. The van der Waals surface area contributed by atoms with Gasteiger partial charge in [-0.3, -0.25) is 4.21 Å². The van der Waals surface area contributed by atoms with E-state index in [0.717, 1.165) is 0 Å². The molecular weight excluding hydrogens is 266 g/mol. The second-order valence-electron chi connectivity index (χ2n) is 4.11. The molecule has 0 amide bonds. The van der Waals surface area contributed by atoms with Gasteiger partial charge >= 0.3 is 0 Å². The summed E-state index contributed by atoms with van der Waals surface area (Å²) in [6.45, 7) is 0.979. The number of aliphatic hydroxyl groups is 1. The van der Waals surface area contributed by atoms with Crippen molar-refractivity contribution in [3.05, 3.63) is 23.8 Å². The topological polar surface area (TPSA) is 67.8 Å². The van der Waals surface area contributed by atoms with Gasteiger partial charge in [-0.1, -0.05) is 0 Å². The monoisotopic (exact) mass is 287 g/mol. The molecule has 0 aliphatic carbocycles. The van der Waals surface area contributed by atoms with Crippen LogP contribution >= 0.6 is 0 Å². The van der Waals surface area contributed by atoms with Crippen LogP contribution in [-0.2, 0) is 10.8 Å². The predicted octanol–water partition coefficient (Wildman–Crippen LogP) is 0.705. The molecule has 6 heteroatoms. The summed E-state index contributed by atoms with van der Waals surface area (Å²) in [6, 6.07) is 5.30. The third-order valence-electron chi connectivity index (χ3n) is 2.70. The van der Waals surface area contributed by atoms with Crippen molar-refractivity contribution >= 4 is 10.8 Å². The van der Waals surface area contributed by atoms with E-state index in [1.807, 2.05) is 0 Å². The first-order chi connectivity index (χ1) is 9.08. The van der Waals surface area contributed by atoms with E-state index in [1.165, 1.54) is 0 Å². The Bertz CT molecular complexity index is 425. The Morgan fingerprint density at radius 2 is 2.11 bits per heavy atom. The van der Waals surface area contributed by atoms with Gasteiger partial charge < -0.3 is 19.9 Å². The fourth-order valence-electron chi connectivity index (χ4n) is 1.66. The molecule has 2 atom stereocenters. The van der Waals surface area contributed by atoms with Gasteiger partial charge in [0.25, 0.3) is 0 Å². The third kappa shape index (κ3) is 5.18. The number of aliphatic hydroxyl groups excluding tert-OH is 1. The largest absolute Gasteiger partial charge is 0.497 e. The van der Waals surface area contributed by atoms with Gasteiger partial charge in [0.1, 0.15) is 11.5 Å². The Balaban J connectivity index is 2.63. The van der Waals surface area contributed by atoms with E-state index in [0.29, 0.717) is 35.9 Å². The molecule has 5 nitrogen and oxygen atoms in total. The summed E-state index contributed by atoms with van der Waals surface area (Å²) in [6.07, 6.45) is 0.957. The molecule has 1 aromatic carbocycles. The Morgan fingerprint density at radius 3 is 2.68 bits per heavy atom. The maximum absolute atomic E-state index is 10.9. The van der Waals surface area contributed by atoms with Crippen molar-refractivity contribution in [3.63, 3.8) is 0 Å². The van der Waals surface area contributed by atoms with Crippen LogP contribution in [0.4, 0.5) is 0 Å². The van der Waals surface area contributed by atoms with Crippen LogP contribution in [0.25, 0.3) is 0 Å². The Labute approximate surface area is 116 Å². The van der Waals surface area contributed by atoms with Crippen LogP contribution in [0, 0.1) is 0 Å². The van der Waals surface area contributed by atoms with Crippen LogP contribution in [0.2, 0.25) is 0 Å². The van der Waals surface area contributed by atoms with Gasteiger partial charge in [0.2, 0.25) is 0 Å². The molecule has 108 valence electrons. The van der Waals surface area contributed by atoms with E-state index in [2.05, 4.69) is 5.32 Å². The summed E-state index contributed by atoms with van der Waals surface area (Å²) >= 11 is 0. The minimum Gasteiger partial charge on any atom is -0.497 e. The Morgan fingerprint density at radius 1 is 1.37 bits per heavy atom. The summed E-state index contributed by atoms with van der Waals surface area (Å²) < 4.78 is 21.3. The molecule has 2 unspecified atom stereocenters. The second-order valence-corrected chi connectivity index (χ2v) is 5.66. The third-order valence-corrected chi connectivity index (χ3v) is 3.48. The molecule has 19 heavy (non-hydrogen) atoms. The molecule has 0 heterocycles. The molecule has 0 bridgehead atoms. The SMILES string of the molecule is COc1ccc(OC)c(C(O)CNCCS(C)=O)c1. The standard InChI is InChI=1S/C13H21NO4S/c1-17-10-4-5-13(18-2)11(8-10)12(15)9-14-6-7-19(3)16/h4-5,8,12,14-15H,6-7,9H2,1-3H3. The predicted molar refractivity (Wildman–Crippen MR) is 76.3 cm³/mol. The van der Waals surface area contributed by atoms with Crippen molar-refractivity contribution in [3.8, 4) is 11.5 Å². The van der Waals surface area contributed by atoms with Crippen LogP contribution in [0.3, 0.4) is 0 Å². The average molecular weight is 287 g/mol. The van der Waals surface area contributed by atoms with Crippen molar-refractivity contribution < 1.29 is 18.8 Å². The highest BCUT2D eigenvalue weighted by Crippen LogP contribution is 2.28. The maximum Gasteiger partial charge on any atom is 0.124 e. The quantitative estimate of drug-likeness (QED) is 0.689. The zero-order valence-electron chi connectivity index (χ0n) is 11.5. The highest BCUT2D eigenvalue weighted by molar-refractivity contribution is 7.84. The van der Waals surface area contributed by atoms with Gasteiger partial charge in [0, 0.05) is 41.5 Å². The minimum absolute atomic E-state index is 0.376. The van der Waals surface area contributed by atoms with Crippen LogP contribution in [-0.4, -0.2) is 48.6 Å². The van der Waals surface area contributed by atoms with E-state index in [1.54, 1.807) is 38.7 Å². The van der Waals surface area contributed by atoms with E-state index in [9.17, 15) is 9.32 Å². The lowest BCUT2D eigenvalue weighted by Gasteiger charge is -2.16. The first-order valence-corrected chi connectivity index (χ1v) is 7.72. The van der Waals surface area contributed by atoms with Crippen molar-refractivity contribution in [2.24, 2.45) is 0 Å². The molecule has 2 N–H and O–H groups in total. The van der Waals surface area contributed by atoms with E-state index in [4.69, 9.17) is 9.47 Å². The van der Waals surface area contributed by atoms with Crippen LogP contribution in [0.15, 0.2) is 18.2 Å². The summed E-state index contributed by atoms with van der Waals surface area (Å²) in [7, 11) is 2.31. The van der Waals surface area contributed by atoms with Crippen molar-refractivity contribution in [1.29, 1.82) is 0 Å². The zero-order chi connectivity index (χ0) is 14.3. The molecule has 0 fully saturated rings. The van der Waals surface area contributed by atoms with Crippen LogP contribution < -0.4 is 14.8 Å². The number of rotatable bonds is 8. The molecule has 1 aromatic rings. The maximum atomic E-state index is 10.9. The normalized spacial score (nSPS) is 13.9. The fourth-order valence-corrected chi connectivity index (χ4v) is 2.10. The van der Waals surface area contributed by atoms with E-state index >= 15 is 0 Å². The van der Waals surface area contributed by atoms with Crippen molar-refractivity contribution in [2.75, 3.05) is 39.3 Å². The lowest BCUT2D eigenvalue weighted by molar-refractivity contribution is 0.171. The lowest BCUT2D eigenvalue weighted by atomic mass is 10.1. The molecule has 1 rings (SSSR count). The zero-order valence-corrected chi connectivity index (χ0v) is 12.3. The number of methoxy groups -OCH3 is 2. The molecule has 0 radical (unpaired) electrons. The number of nitrogens with one attached hydrogen (secondary N) is 1. The second kappa shape index (κ2) is 8.14.